The normalized spacial score (nSPS) is 57.7. The van der Waals surface area contributed by atoms with E-state index < -0.39 is 58.5 Å². The molecule has 2 aliphatic heterocycles. The summed E-state index contributed by atoms with van der Waals surface area (Å²) >= 11 is 0. The van der Waals surface area contributed by atoms with Crippen molar-refractivity contribution in [3.8, 4) is 0 Å². The first kappa shape index (κ1) is 27.1. The molecule has 9 heteroatoms. The van der Waals surface area contributed by atoms with Gasteiger partial charge in [0.15, 0.2) is 0 Å². The number of ether oxygens (including phenoxy) is 3. The average Bonchev–Trinajstić information content (AvgIpc) is 3.45. The molecule has 38 heavy (non-hydrogen) atoms. The van der Waals surface area contributed by atoms with Crippen molar-refractivity contribution in [2.24, 2.45) is 46.3 Å². The molecule has 9 nitrogen and oxygen atoms in total. The molecule has 4 aliphatic carbocycles. The van der Waals surface area contributed by atoms with Gasteiger partial charge in [-0.3, -0.25) is 9.59 Å². The fourth-order valence-corrected chi connectivity index (χ4v) is 10.5. The number of hydrogen-bond acceptors (Lipinski definition) is 9. The van der Waals surface area contributed by atoms with E-state index >= 15 is 0 Å². The summed E-state index contributed by atoms with van der Waals surface area (Å²) in [6.45, 7) is 9.23. The number of cyclic esters (lactones) is 1. The summed E-state index contributed by atoms with van der Waals surface area (Å²) in [6, 6.07) is 0. The number of epoxide rings is 1. The maximum atomic E-state index is 13.7. The van der Waals surface area contributed by atoms with E-state index in [1.165, 1.54) is 7.11 Å². The lowest BCUT2D eigenvalue weighted by Crippen LogP contribution is -2.68. The van der Waals surface area contributed by atoms with Crippen LogP contribution in [-0.2, 0) is 23.8 Å². The second-order valence-corrected chi connectivity index (χ2v) is 14.1. The van der Waals surface area contributed by atoms with Crippen LogP contribution in [0.15, 0.2) is 0 Å². The first-order valence-electron chi connectivity index (χ1n) is 14.4. The number of ketones is 1. The molecule has 0 aromatic rings. The zero-order valence-corrected chi connectivity index (χ0v) is 23.3. The predicted octanol–water partition coefficient (Wildman–Crippen LogP) is 1.22. The Balaban J connectivity index is 1.31. The molecule has 0 bridgehead atoms. The third kappa shape index (κ3) is 3.04. The zero-order chi connectivity index (χ0) is 27.7. The summed E-state index contributed by atoms with van der Waals surface area (Å²) in [6.07, 6.45) is -2.10. The van der Waals surface area contributed by atoms with E-state index in [-0.39, 0.29) is 53.9 Å². The van der Waals surface area contributed by atoms with E-state index in [2.05, 4.69) is 6.92 Å². The molecule has 6 rings (SSSR count). The first-order valence-corrected chi connectivity index (χ1v) is 14.4. The van der Waals surface area contributed by atoms with E-state index in [1.54, 1.807) is 13.8 Å². The molecule has 6 fully saturated rings. The minimum atomic E-state index is -1.69. The van der Waals surface area contributed by atoms with E-state index in [1.807, 2.05) is 13.8 Å². The maximum absolute atomic E-state index is 13.7. The fraction of sp³-hybridized carbons (Fsp3) is 0.931. The van der Waals surface area contributed by atoms with Crippen LogP contribution in [0.25, 0.3) is 0 Å². The van der Waals surface area contributed by atoms with E-state index in [4.69, 9.17) is 14.2 Å². The number of Topliss-reactive ketones (excluding diaryl/α,β-unsaturated/α-hetero) is 1. The van der Waals surface area contributed by atoms with Crippen molar-refractivity contribution < 1.29 is 44.2 Å². The van der Waals surface area contributed by atoms with Gasteiger partial charge < -0.3 is 34.6 Å². The van der Waals surface area contributed by atoms with Crippen LogP contribution in [0.5, 0.6) is 0 Å². The zero-order valence-electron chi connectivity index (χ0n) is 23.3. The minimum absolute atomic E-state index is 0.00603. The third-order valence-electron chi connectivity index (χ3n) is 12.8. The van der Waals surface area contributed by atoms with Gasteiger partial charge >= 0.3 is 5.97 Å². The highest BCUT2D eigenvalue weighted by Crippen LogP contribution is 2.74. The summed E-state index contributed by atoms with van der Waals surface area (Å²) in [5, 5.41) is 46.0. The highest BCUT2D eigenvalue weighted by Gasteiger charge is 2.82. The van der Waals surface area contributed by atoms with Crippen LogP contribution in [0.4, 0.5) is 0 Å². The van der Waals surface area contributed by atoms with E-state index in [9.17, 15) is 30.0 Å². The number of carbonyl (C=O) groups is 2. The molecule has 0 aromatic heterocycles. The van der Waals surface area contributed by atoms with Crippen LogP contribution in [-0.4, -0.2) is 87.1 Å². The second kappa shape index (κ2) is 8.23. The van der Waals surface area contributed by atoms with Crippen LogP contribution in [0.2, 0.25) is 0 Å². The molecule has 0 radical (unpaired) electrons. The highest BCUT2D eigenvalue weighted by atomic mass is 16.6. The summed E-state index contributed by atoms with van der Waals surface area (Å²) in [7, 11) is 1.52. The Hall–Kier alpha value is -1.10. The molecule has 0 aromatic carbocycles. The molecule has 2 heterocycles. The Morgan fingerprint density at radius 2 is 1.82 bits per heavy atom. The minimum Gasteiger partial charge on any atom is -0.459 e. The number of aliphatic hydroxyl groups excluding tert-OH is 3. The van der Waals surface area contributed by atoms with Gasteiger partial charge in [0.1, 0.15) is 29.7 Å². The van der Waals surface area contributed by atoms with E-state index in [0.29, 0.717) is 25.7 Å². The van der Waals surface area contributed by atoms with Crippen molar-refractivity contribution >= 4 is 11.8 Å². The number of hydrogen-bond donors (Lipinski definition) is 4. The Morgan fingerprint density at radius 3 is 2.42 bits per heavy atom. The molecule has 2 saturated heterocycles. The molecular weight excluding hydrogens is 492 g/mol. The largest absolute Gasteiger partial charge is 0.459 e. The molecular formula is C29H44O9. The lowest BCUT2D eigenvalue weighted by molar-refractivity contribution is -0.204. The quantitative estimate of drug-likeness (QED) is 0.308. The molecule has 4 saturated carbocycles. The molecule has 4 N–H and O–H groups in total. The standard InChI is InChI=1S/C29H44O9/c1-12-13(2)25(34)37-21(12)24(33)28(5,35)22-17(30)10-16-14-9-20-29(38-20)23(32)18(36-6)11-19(31)27(29,4)15(14)7-8-26(16,22)3/h12-18,20-24,30,32-33,35H,7-11H2,1-6H3/t12-,13-,14+,15+,16+,17+,18+,20-,21+,22+,23+,24-,26+,27+,28-,29+/m1/s1. The van der Waals surface area contributed by atoms with Crippen molar-refractivity contribution in [3.63, 3.8) is 0 Å². The molecule has 0 unspecified atom stereocenters. The monoisotopic (exact) mass is 536 g/mol. The SMILES string of the molecule is CO[C@H]1CC(=O)[C@]2(C)[C@H]3CC[C@]4(C)[C@@H]([C@@](C)(O)[C@H](O)[C@H]5OC(=O)[C@H](C)[C@H]5C)[C@@H](O)C[C@H]4[C@H]3C[C@H]3O[C@]32[C@H]1O. The number of esters is 1. The topological polar surface area (TPSA) is 146 Å². The predicted molar refractivity (Wildman–Crippen MR) is 134 cm³/mol. The first-order chi connectivity index (χ1) is 17.7. The van der Waals surface area contributed by atoms with Gasteiger partial charge in [-0.1, -0.05) is 20.8 Å². The number of fused-ring (bicyclic) bond motifs is 4. The average molecular weight is 537 g/mol. The van der Waals surface area contributed by atoms with Gasteiger partial charge in [-0.05, 0) is 62.7 Å². The summed E-state index contributed by atoms with van der Waals surface area (Å²) in [4.78, 5) is 25.9. The Kier molecular flexibility index (Phi) is 5.87. The fourth-order valence-electron chi connectivity index (χ4n) is 10.5. The summed E-state index contributed by atoms with van der Waals surface area (Å²) < 4.78 is 17.2. The van der Waals surface area contributed by atoms with Gasteiger partial charge in [0, 0.05) is 25.4 Å². The van der Waals surface area contributed by atoms with Crippen molar-refractivity contribution in [3.05, 3.63) is 0 Å². The van der Waals surface area contributed by atoms with Crippen molar-refractivity contribution in [2.75, 3.05) is 7.11 Å². The van der Waals surface area contributed by atoms with Crippen molar-refractivity contribution in [1.29, 1.82) is 0 Å². The molecule has 6 aliphatic rings. The molecule has 0 amide bonds. The van der Waals surface area contributed by atoms with Gasteiger partial charge in [-0.2, -0.15) is 0 Å². The van der Waals surface area contributed by atoms with Gasteiger partial charge in [-0.15, -0.1) is 0 Å². The van der Waals surface area contributed by atoms with Crippen LogP contribution < -0.4 is 0 Å². The van der Waals surface area contributed by atoms with Gasteiger partial charge in [-0.25, -0.2) is 0 Å². The summed E-state index contributed by atoms with van der Waals surface area (Å²) in [5.41, 5.74) is -3.96. The third-order valence-corrected chi connectivity index (χ3v) is 12.8. The number of aliphatic hydroxyl groups is 4. The van der Waals surface area contributed by atoms with Crippen molar-refractivity contribution in [2.45, 2.75) is 115 Å². The lowest BCUT2D eigenvalue weighted by atomic mass is 9.43. The van der Waals surface area contributed by atoms with Crippen LogP contribution >= 0.6 is 0 Å². The van der Waals surface area contributed by atoms with Gasteiger partial charge in [0.25, 0.3) is 0 Å². The number of carbonyl (C=O) groups excluding carboxylic acids is 2. The van der Waals surface area contributed by atoms with Crippen LogP contribution in [0.3, 0.4) is 0 Å². The van der Waals surface area contributed by atoms with E-state index in [0.717, 1.165) is 0 Å². The molecule has 214 valence electrons. The molecule has 1 spiro atoms. The maximum Gasteiger partial charge on any atom is 0.309 e. The molecule has 16 atom stereocenters. The Labute approximate surface area is 224 Å². The van der Waals surface area contributed by atoms with Crippen molar-refractivity contribution in [1.82, 2.24) is 0 Å². The van der Waals surface area contributed by atoms with Gasteiger partial charge in [0.05, 0.1) is 35.2 Å². The van der Waals surface area contributed by atoms with Crippen LogP contribution in [0.1, 0.15) is 66.7 Å². The number of methoxy groups -OCH3 is 1. The lowest BCUT2D eigenvalue weighted by Gasteiger charge is -2.60. The number of rotatable bonds is 4. The highest BCUT2D eigenvalue weighted by molar-refractivity contribution is 5.89. The Bertz CT molecular complexity index is 1030. The summed E-state index contributed by atoms with van der Waals surface area (Å²) in [5.74, 6) is -1.52. The second-order valence-electron chi connectivity index (χ2n) is 14.1. The Morgan fingerprint density at radius 1 is 1.13 bits per heavy atom. The van der Waals surface area contributed by atoms with Gasteiger partial charge in [0.2, 0.25) is 0 Å². The smallest absolute Gasteiger partial charge is 0.309 e. The van der Waals surface area contributed by atoms with Crippen LogP contribution in [0, 0.1) is 46.3 Å².